The molecule has 0 saturated heterocycles. The monoisotopic (exact) mass is 834 g/mol. The second kappa shape index (κ2) is 14.2. The fraction of sp³-hybridized carbons (Fsp3) is 0.0492. The summed E-state index contributed by atoms with van der Waals surface area (Å²) in [5.74, 6) is 0. The van der Waals surface area contributed by atoms with Crippen molar-refractivity contribution in [3.05, 3.63) is 230 Å². The molecule has 0 unspecified atom stereocenters. The summed E-state index contributed by atoms with van der Waals surface area (Å²) in [6.45, 7) is 4.72. The van der Waals surface area contributed by atoms with E-state index in [1.54, 1.807) is 0 Å². The van der Waals surface area contributed by atoms with Gasteiger partial charge in [0.2, 0.25) is 0 Å². The lowest BCUT2D eigenvalue weighted by atomic mass is 9.82. The number of hydrogen-bond donors (Lipinski definition) is 0. The zero-order valence-electron chi connectivity index (χ0n) is 35.6. The molecule has 2 aromatic heterocycles. The molecule has 1 aliphatic rings. The molecule has 64 heavy (non-hydrogen) atoms. The average Bonchev–Trinajstić information content (AvgIpc) is 3.97. The third-order valence-corrected chi connectivity index (χ3v) is 15.0. The molecule has 302 valence electrons. The minimum Gasteiger partial charge on any atom is -0.310 e. The van der Waals surface area contributed by atoms with Gasteiger partial charge in [-0.1, -0.05) is 166 Å². The predicted molar refractivity (Wildman–Crippen MR) is 274 cm³/mol. The molecule has 0 aliphatic heterocycles. The van der Waals surface area contributed by atoms with Gasteiger partial charge in [-0.2, -0.15) is 0 Å². The van der Waals surface area contributed by atoms with Gasteiger partial charge in [-0.05, 0) is 116 Å². The first-order chi connectivity index (χ1) is 31.5. The van der Waals surface area contributed by atoms with Crippen molar-refractivity contribution >= 4 is 81.1 Å². The summed E-state index contributed by atoms with van der Waals surface area (Å²) in [4.78, 5) is 2.42. The Morgan fingerprint density at radius 2 is 1.05 bits per heavy atom. The number of thiophene rings is 1. The number of nitrogens with zero attached hydrogens (tertiary/aromatic N) is 2. The minimum atomic E-state index is -0.111. The molecule has 10 aromatic carbocycles. The van der Waals surface area contributed by atoms with Crippen LogP contribution >= 0.6 is 11.3 Å². The largest absolute Gasteiger partial charge is 0.310 e. The van der Waals surface area contributed by atoms with E-state index in [1.807, 2.05) is 11.3 Å². The molecule has 12 aromatic rings. The number of benzene rings is 10. The van der Waals surface area contributed by atoms with E-state index in [4.69, 9.17) is 0 Å². The summed E-state index contributed by atoms with van der Waals surface area (Å²) in [7, 11) is 0. The molecule has 2 heterocycles. The van der Waals surface area contributed by atoms with Gasteiger partial charge in [0.25, 0.3) is 0 Å². The van der Waals surface area contributed by atoms with Gasteiger partial charge in [-0.25, -0.2) is 0 Å². The van der Waals surface area contributed by atoms with Crippen LogP contribution in [0.5, 0.6) is 0 Å². The summed E-state index contributed by atoms with van der Waals surface area (Å²) in [5, 5.41) is 7.61. The molecule has 0 radical (unpaired) electrons. The van der Waals surface area contributed by atoms with Crippen molar-refractivity contribution in [2.24, 2.45) is 0 Å². The molecule has 0 N–H and O–H groups in total. The van der Waals surface area contributed by atoms with Gasteiger partial charge in [0.1, 0.15) is 0 Å². The molecule has 2 nitrogen and oxygen atoms in total. The zero-order chi connectivity index (χ0) is 42.5. The summed E-state index contributed by atoms with van der Waals surface area (Å²) in [6.07, 6.45) is 0. The third kappa shape index (κ3) is 5.57. The van der Waals surface area contributed by atoms with Gasteiger partial charge in [0.05, 0.1) is 11.0 Å². The van der Waals surface area contributed by atoms with Crippen molar-refractivity contribution in [2.45, 2.75) is 19.3 Å². The smallest absolute Gasteiger partial charge is 0.0634 e. The molecule has 13 rings (SSSR count). The molecule has 3 heteroatoms. The van der Waals surface area contributed by atoms with Crippen LogP contribution in [0.25, 0.3) is 91.8 Å². The number of fused-ring (bicyclic) bond motifs is 11. The highest BCUT2D eigenvalue weighted by atomic mass is 32.1. The van der Waals surface area contributed by atoms with Gasteiger partial charge in [0.15, 0.2) is 0 Å². The Labute approximate surface area is 376 Å². The lowest BCUT2D eigenvalue weighted by molar-refractivity contribution is 0.660. The van der Waals surface area contributed by atoms with Crippen LogP contribution in [0, 0.1) is 0 Å². The van der Waals surface area contributed by atoms with E-state index in [9.17, 15) is 0 Å². The highest BCUT2D eigenvalue weighted by Gasteiger charge is 2.36. The number of rotatable bonds is 6. The Hall–Kier alpha value is -7.72. The van der Waals surface area contributed by atoms with Crippen LogP contribution in [-0.4, -0.2) is 4.57 Å². The maximum absolute atomic E-state index is 2.50. The van der Waals surface area contributed by atoms with Crippen LogP contribution in [0.1, 0.15) is 25.0 Å². The molecule has 0 fully saturated rings. The second-order valence-corrected chi connectivity index (χ2v) is 18.8. The van der Waals surface area contributed by atoms with E-state index in [0.717, 1.165) is 17.1 Å². The lowest BCUT2D eigenvalue weighted by Crippen LogP contribution is -2.16. The highest BCUT2D eigenvalue weighted by Crippen LogP contribution is 2.52. The van der Waals surface area contributed by atoms with Crippen LogP contribution in [0.2, 0.25) is 0 Å². The van der Waals surface area contributed by atoms with Crippen molar-refractivity contribution in [3.8, 4) is 39.1 Å². The normalized spacial score (nSPS) is 13.0. The predicted octanol–water partition coefficient (Wildman–Crippen LogP) is 17.4. The van der Waals surface area contributed by atoms with Crippen LogP contribution in [0.4, 0.5) is 17.1 Å². The van der Waals surface area contributed by atoms with Crippen LogP contribution in [0.3, 0.4) is 0 Å². The molecule has 0 atom stereocenters. The summed E-state index contributed by atoms with van der Waals surface area (Å²) in [6, 6.07) is 80.8. The Morgan fingerprint density at radius 3 is 1.86 bits per heavy atom. The molecular weight excluding hydrogens is 793 g/mol. The Bertz CT molecular complexity index is 3800. The quantitative estimate of drug-likeness (QED) is 0.162. The van der Waals surface area contributed by atoms with Crippen molar-refractivity contribution in [3.63, 3.8) is 0 Å². The first-order valence-electron chi connectivity index (χ1n) is 22.2. The number of para-hydroxylation sites is 1. The number of hydrogen-bond acceptors (Lipinski definition) is 2. The van der Waals surface area contributed by atoms with Gasteiger partial charge >= 0.3 is 0 Å². The van der Waals surface area contributed by atoms with Gasteiger partial charge in [0, 0.05) is 64.7 Å². The summed E-state index contributed by atoms with van der Waals surface area (Å²) in [5.41, 5.74) is 17.2. The molecule has 0 spiro atoms. The maximum Gasteiger partial charge on any atom is 0.0634 e. The first-order valence-corrected chi connectivity index (χ1v) is 23.0. The van der Waals surface area contributed by atoms with E-state index < -0.39 is 0 Å². The van der Waals surface area contributed by atoms with Crippen LogP contribution < -0.4 is 4.90 Å². The number of aromatic nitrogens is 1. The molecule has 0 saturated carbocycles. The van der Waals surface area contributed by atoms with E-state index in [2.05, 4.69) is 242 Å². The van der Waals surface area contributed by atoms with Crippen LogP contribution in [0.15, 0.2) is 218 Å². The number of anilines is 3. The van der Waals surface area contributed by atoms with Crippen molar-refractivity contribution in [2.75, 3.05) is 4.90 Å². The third-order valence-electron chi connectivity index (χ3n) is 13.8. The summed E-state index contributed by atoms with van der Waals surface area (Å²) < 4.78 is 5.10. The van der Waals surface area contributed by atoms with E-state index in [-0.39, 0.29) is 5.41 Å². The Morgan fingerprint density at radius 1 is 0.422 bits per heavy atom. The standard InChI is InChI=1S/C61H42N2S/c1-61(2)54-21-11-8-18-48(54)49-35-34-47(37-55(49)61)62(44-29-24-41(25-30-44)39-14-4-3-5-15-39)45-31-27-42(28-32-45)52-38-53-50-19-9-12-22-56(50)63(46-33-26-40-16-6-7-17-43(40)36-46)59(53)58-51-20-10-13-23-57(51)64-60(52)58/h3-38H,1-2H3. The fourth-order valence-corrected chi connectivity index (χ4v) is 11.9. The molecular formula is C61H42N2S. The minimum absolute atomic E-state index is 0.111. The van der Waals surface area contributed by atoms with Crippen LogP contribution in [-0.2, 0) is 5.41 Å². The second-order valence-electron chi connectivity index (χ2n) is 17.7. The van der Waals surface area contributed by atoms with Gasteiger partial charge < -0.3 is 9.47 Å². The topological polar surface area (TPSA) is 8.17 Å². The van der Waals surface area contributed by atoms with Gasteiger partial charge in [-0.3, -0.25) is 0 Å². The van der Waals surface area contributed by atoms with E-state index in [1.165, 1.54) is 103 Å². The van der Waals surface area contributed by atoms with E-state index >= 15 is 0 Å². The van der Waals surface area contributed by atoms with Gasteiger partial charge in [-0.15, -0.1) is 11.3 Å². The zero-order valence-corrected chi connectivity index (χ0v) is 36.4. The Kier molecular flexibility index (Phi) is 8.16. The Balaban J connectivity index is 0.994. The molecule has 1 aliphatic carbocycles. The first kappa shape index (κ1) is 36.9. The molecule has 0 amide bonds. The van der Waals surface area contributed by atoms with Crippen molar-refractivity contribution in [1.29, 1.82) is 0 Å². The van der Waals surface area contributed by atoms with E-state index in [0.29, 0.717) is 0 Å². The average molecular weight is 835 g/mol. The fourth-order valence-electron chi connectivity index (χ4n) is 10.6. The van der Waals surface area contributed by atoms with Crippen molar-refractivity contribution < 1.29 is 0 Å². The summed E-state index contributed by atoms with van der Waals surface area (Å²) >= 11 is 1.90. The molecule has 0 bridgehead atoms. The lowest BCUT2D eigenvalue weighted by Gasteiger charge is -2.28. The van der Waals surface area contributed by atoms with Crippen molar-refractivity contribution in [1.82, 2.24) is 4.57 Å². The maximum atomic E-state index is 2.50. The SMILES string of the molecule is CC1(C)c2ccccc2-c2ccc(N(c3ccc(-c4ccccc4)cc3)c3ccc(-c4cc5c6ccccc6n(-c6ccc7ccccc7c6)c5c5c4sc4ccccc45)cc3)cc21. The highest BCUT2D eigenvalue weighted by molar-refractivity contribution is 7.26.